The van der Waals surface area contributed by atoms with Crippen molar-refractivity contribution in [1.82, 2.24) is 9.97 Å². The molecule has 2 aromatic rings. The number of hydrogen-bond donors (Lipinski definition) is 4. The van der Waals surface area contributed by atoms with Crippen molar-refractivity contribution in [3.05, 3.63) is 42.2 Å². The number of aromatic nitrogens is 2. The van der Waals surface area contributed by atoms with Gasteiger partial charge in [-0.3, -0.25) is 0 Å². The molecule has 0 saturated carbocycles. The molecule has 0 bridgehead atoms. The van der Waals surface area contributed by atoms with Crippen LogP contribution < -0.4 is 15.4 Å². The van der Waals surface area contributed by atoms with Crippen LogP contribution >= 0.6 is 0 Å². The van der Waals surface area contributed by atoms with Crippen LogP contribution in [-0.4, -0.2) is 41.6 Å². The fraction of sp³-hybridized carbons (Fsp3) is 0.300. The van der Waals surface area contributed by atoms with Gasteiger partial charge in [-0.25, -0.2) is 9.97 Å². The molecule has 0 amide bonds. The molecule has 0 aromatic carbocycles. The summed E-state index contributed by atoms with van der Waals surface area (Å²) >= 11 is 0. The van der Waals surface area contributed by atoms with E-state index >= 15 is 0 Å². The predicted molar refractivity (Wildman–Crippen MR) is 112 cm³/mol. The van der Waals surface area contributed by atoms with Crippen LogP contribution in [0.3, 0.4) is 0 Å². The molecule has 0 saturated heterocycles. The summed E-state index contributed by atoms with van der Waals surface area (Å²) in [5, 5.41) is 21.6. The van der Waals surface area contributed by atoms with Crippen LogP contribution in [0, 0.1) is 10.8 Å². The Morgan fingerprint density at radius 1 is 1.30 bits per heavy atom. The highest BCUT2D eigenvalue weighted by molar-refractivity contribution is 5.91. The van der Waals surface area contributed by atoms with Crippen molar-refractivity contribution >= 4 is 23.8 Å². The summed E-state index contributed by atoms with van der Waals surface area (Å²) in [4.78, 5) is 8.94. The topological polar surface area (TPSA) is 107 Å². The maximum atomic E-state index is 7.82. The largest absolute Gasteiger partial charge is 0.477 e. The molecule has 7 nitrogen and oxygen atoms in total. The van der Waals surface area contributed by atoms with E-state index in [9.17, 15) is 0 Å². The molecule has 0 aliphatic carbocycles. The number of ether oxygens (including phenoxy) is 1. The number of hydrogen-bond acceptors (Lipinski definition) is 7. The van der Waals surface area contributed by atoms with Crippen molar-refractivity contribution in [3.63, 3.8) is 0 Å². The number of rotatable bonds is 10. The zero-order valence-corrected chi connectivity index (χ0v) is 15.9. The smallest absolute Gasteiger partial charge is 0.222 e. The molecular formula is C20H26N6O. The van der Waals surface area contributed by atoms with Crippen LogP contribution in [0.2, 0.25) is 0 Å². The molecule has 0 aliphatic rings. The van der Waals surface area contributed by atoms with Gasteiger partial charge in [-0.05, 0) is 45.0 Å². The second-order valence-corrected chi connectivity index (χ2v) is 6.02. The fourth-order valence-corrected chi connectivity index (χ4v) is 2.53. The van der Waals surface area contributed by atoms with Crippen LogP contribution in [0.5, 0.6) is 5.88 Å². The minimum atomic E-state index is 0.186. The van der Waals surface area contributed by atoms with E-state index in [0.717, 1.165) is 16.9 Å². The van der Waals surface area contributed by atoms with Gasteiger partial charge < -0.3 is 26.2 Å². The normalized spacial score (nSPS) is 10.8. The highest BCUT2D eigenvalue weighted by Gasteiger charge is 2.16. The lowest BCUT2D eigenvalue weighted by Gasteiger charge is -2.19. The van der Waals surface area contributed by atoms with E-state index in [-0.39, 0.29) is 6.04 Å². The minimum absolute atomic E-state index is 0.186. The molecule has 0 aliphatic heterocycles. The van der Waals surface area contributed by atoms with Crippen molar-refractivity contribution in [2.45, 2.75) is 26.8 Å². The lowest BCUT2D eigenvalue weighted by Crippen LogP contribution is -2.15. The van der Waals surface area contributed by atoms with Gasteiger partial charge in [0.25, 0.3) is 0 Å². The summed E-state index contributed by atoms with van der Waals surface area (Å²) in [6.45, 7) is 7.04. The fourth-order valence-electron chi connectivity index (χ4n) is 2.53. The van der Waals surface area contributed by atoms with Gasteiger partial charge in [0.2, 0.25) is 5.88 Å². The summed E-state index contributed by atoms with van der Waals surface area (Å²) < 4.78 is 5.63. The second kappa shape index (κ2) is 10.1. The Hall–Kier alpha value is -3.22. The molecule has 0 unspecified atom stereocenters. The van der Waals surface area contributed by atoms with Crippen molar-refractivity contribution in [3.8, 4) is 17.1 Å². The third kappa shape index (κ3) is 5.37. The van der Waals surface area contributed by atoms with Gasteiger partial charge in [0.15, 0.2) is 0 Å². The van der Waals surface area contributed by atoms with E-state index in [2.05, 4.69) is 20.6 Å². The SMILES string of the molecule is CCOc1ncccc1-c1cc(NC/C=C/C=N)c(NC(C)C)c(C=N)n1. The third-order valence-electron chi connectivity index (χ3n) is 3.59. The number of nitrogens with one attached hydrogen (secondary N) is 4. The zero-order valence-electron chi connectivity index (χ0n) is 15.9. The number of pyridine rings is 2. The van der Waals surface area contributed by atoms with E-state index in [1.807, 2.05) is 45.0 Å². The molecule has 7 heteroatoms. The van der Waals surface area contributed by atoms with Crippen molar-refractivity contribution < 1.29 is 4.74 Å². The van der Waals surface area contributed by atoms with E-state index in [1.54, 1.807) is 12.3 Å². The Morgan fingerprint density at radius 2 is 2.11 bits per heavy atom. The highest BCUT2D eigenvalue weighted by Crippen LogP contribution is 2.33. The summed E-state index contributed by atoms with van der Waals surface area (Å²) in [5.41, 5.74) is 3.59. The molecule has 27 heavy (non-hydrogen) atoms. The molecule has 4 N–H and O–H groups in total. The molecule has 2 rings (SSSR count). The Labute approximate surface area is 159 Å². The molecule has 2 heterocycles. The monoisotopic (exact) mass is 366 g/mol. The maximum absolute atomic E-state index is 7.82. The average molecular weight is 366 g/mol. The van der Waals surface area contributed by atoms with Gasteiger partial charge in [-0.1, -0.05) is 6.08 Å². The molecule has 0 fully saturated rings. The summed E-state index contributed by atoms with van der Waals surface area (Å²) in [7, 11) is 0. The lowest BCUT2D eigenvalue weighted by molar-refractivity contribution is 0.328. The summed E-state index contributed by atoms with van der Waals surface area (Å²) in [6, 6.07) is 5.85. The first-order chi connectivity index (χ1) is 13.1. The highest BCUT2D eigenvalue weighted by atomic mass is 16.5. The quantitative estimate of drug-likeness (QED) is 0.476. The minimum Gasteiger partial charge on any atom is -0.477 e. The van der Waals surface area contributed by atoms with Gasteiger partial charge in [-0.15, -0.1) is 0 Å². The Kier molecular flexibility index (Phi) is 7.49. The number of nitrogens with zero attached hydrogens (tertiary/aromatic N) is 2. The van der Waals surface area contributed by atoms with Crippen LogP contribution in [-0.2, 0) is 0 Å². The van der Waals surface area contributed by atoms with Gasteiger partial charge in [-0.2, -0.15) is 0 Å². The molecule has 2 aromatic heterocycles. The number of allylic oxidation sites excluding steroid dienone is 1. The van der Waals surface area contributed by atoms with Gasteiger partial charge in [0, 0.05) is 31.2 Å². The summed E-state index contributed by atoms with van der Waals surface area (Å²) in [6.07, 6.45) is 7.67. The van der Waals surface area contributed by atoms with Crippen LogP contribution in [0.25, 0.3) is 11.3 Å². The Balaban J connectivity index is 2.54. The van der Waals surface area contributed by atoms with Gasteiger partial charge >= 0.3 is 0 Å². The first kappa shape index (κ1) is 20.1. The van der Waals surface area contributed by atoms with Gasteiger partial charge in [0.05, 0.1) is 29.2 Å². The van der Waals surface area contributed by atoms with E-state index in [0.29, 0.717) is 30.4 Å². The zero-order chi connectivity index (χ0) is 19.6. The summed E-state index contributed by atoms with van der Waals surface area (Å²) in [5.74, 6) is 0.516. The predicted octanol–water partition coefficient (Wildman–Crippen LogP) is 3.98. The lowest BCUT2D eigenvalue weighted by atomic mass is 10.1. The second-order valence-electron chi connectivity index (χ2n) is 6.02. The van der Waals surface area contributed by atoms with Crippen LogP contribution in [0.15, 0.2) is 36.5 Å². The van der Waals surface area contributed by atoms with E-state index < -0.39 is 0 Å². The van der Waals surface area contributed by atoms with E-state index in [1.165, 1.54) is 12.4 Å². The molecular weight excluding hydrogens is 340 g/mol. The van der Waals surface area contributed by atoms with Crippen LogP contribution in [0.4, 0.5) is 11.4 Å². The number of anilines is 2. The molecule has 142 valence electrons. The Morgan fingerprint density at radius 3 is 2.78 bits per heavy atom. The first-order valence-electron chi connectivity index (χ1n) is 8.90. The Bertz CT molecular complexity index is 816. The average Bonchev–Trinajstić information content (AvgIpc) is 2.66. The van der Waals surface area contributed by atoms with Crippen molar-refractivity contribution in [1.29, 1.82) is 10.8 Å². The van der Waals surface area contributed by atoms with E-state index in [4.69, 9.17) is 15.6 Å². The van der Waals surface area contributed by atoms with Crippen LogP contribution in [0.1, 0.15) is 26.5 Å². The van der Waals surface area contributed by atoms with Gasteiger partial charge in [0.1, 0.15) is 5.69 Å². The maximum Gasteiger partial charge on any atom is 0.222 e. The molecule has 0 radical (unpaired) electrons. The third-order valence-corrected chi connectivity index (χ3v) is 3.59. The standard InChI is InChI=1S/C20H26N6O/c1-4-27-20-15(8-7-11-24-20)16-12-17(23-10-6-5-9-21)19(25-14(2)3)18(13-22)26-16/h5-9,11-14,21-22,25H,4,10H2,1-3H3,(H,23,26)/b6-5+,21-9?,22-13?. The van der Waals surface area contributed by atoms with Crippen molar-refractivity contribution in [2.24, 2.45) is 0 Å². The molecule has 0 atom stereocenters. The first-order valence-corrected chi connectivity index (χ1v) is 8.90. The molecule has 0 spiro atoms. The van der Waals surface area contributed by atoms with Crippen molar-refractivity contribution in [2.75, 3.05) is 23.8 Å².